The minimum absolute atomic E-state index is 0.0541. The number of aliphatic carboxylic acids is 1. The number of carbonyl (C=O) groups is 3. The van der Waals surface area contributed by atoms with Gasteiger partial charge in [-0.05, 0) is 54.7 Å². The highest BCUT2D eigenvalue weighted by molar-refractivity contribution is 6.47. The molecule has 0 aromatic heterocycles. The van der Waals surface area contributed by atoms with Crippen molar-refractivity contribution >= 4 is 46.7 Å². The molecule has 1 heterocycles. The number of carboxylic acid groups (broad SMARTS) is 1. The SMILES string of the molecule is CCC[C@H](c1ccc(C(=O)NCCC(=O)O)cc1)N1C(=O)C(c2cc(Cl)cc(Cl)c2)=NC12CC=CC(C)C2. The minimum atomic E-state index is -0.972. The van der Waals surface area contributed by atoms with Gasteiger partial charge < -0.3 is 15.3 Å². The van der Waals surface area contributed by atoms with E-state index >= 15 is 0 Å². The summed E-state index contributed by atoms with van der Waals surface area (Å²) in [6.45, 7) is 4.25. The molecule has 1 aliphatic heterocycles. The number of hydrogen-bond acceptors (Lipinski definition) is 4. The van der Waals surface area contributed by atoms with Crippen LogP contribution in [0.3, 0.4) is 0 Å². The predicted molar refractivity (Wildman–Crippen MR) is 149 cm³/mol. The summed E-state index contributed by atoms with van der Waals surface area (Å²) in [5, 5.41) is 12.3. The van der Waals surface area contributed by atoms with Gasteiger partial charge in [0.15, 0.2) is 0 Å². The van der Waals surface area contributed by atoms with Crippen LogP contribution in [0.4, 0.5) is 0 Å². The van der Waals surface area contributed by atoms with Gasteiger partial charge in [-0.1, -0.05) is 67.8 Å². The first kappa shape index (κ1) is 27.9. The van der Waals surface area contributed by atoms with Crippen LogP contribution in [0.25, 0.3) is 0 Å². The molecule has 2 unspecified atom stereocenters. The van der Waals surface area contributed by atoms with Crippen LogP contribution in [-0.4, -0.2) is 45.7 Å². The number of rotatable bonds is 9. The van der Waals surface area contributed by atoms with Gasteiger partial charge in [0.2, 0.25) is 0 Å². The number of allylic oxidation sites excluding steroid dienone is 1. The Bertz CT molecular complexity index is 1270. The van der Waals surface area contributed by atoms with Crippen LogP contribution in [0.15, 0.2) is 59.6 Å². The summed E-state index contributed by atoms with van der Waals surface area (Å²) in [6, 6.07) is 12.0. The largest absolute Gasteiger partial charge is 0.481 e. The third-order valence-electron chi connectivity index (χ3n) is 6.94. The highest BCUT2D eigenvalue weighted by atomic mass is 35.5. The van der Waals surface area contributed by atoms with Gasteiger partial charge in [-0.3, -0.25) is 19.4 Å². The van der Waals surface area contributed by atoms with Gasteiger partial charge in [0.05, 0.1) is 12.5 Å². The van der Waals surface area contributed by atoms with E-state index in [1.54, 1.807) is 30.3 Å². The molecule has 2 aliphatic rings. The van der Waals surface area contributed by atoms with Crippen molar-refractivity contribution in [3.05, 3.63) is 81.4 Å². The molecule has 2 amide bonds. The topological polar surface area (TPSA) is 99.1 Å². The Kier molecular flexibility index (Phi) is 8.58. The van der Waals surface area contributed by atoms with E-state index in [-0.39, 0.29) is 36.7 Å². The number of nitrogens with one attached hydrogen (secondary N) is 1. The van der Waals surface area contributed by atoms with Crippen LogP contribution in [0, 0.1) is 5.92 Å². The average molecular weight is 556 g/mol. The van der Waals surface area contributed by atoms with Crippen molar-refractivity contribution in [3.8, 4) is 0 Å². The number of carbonyl (C=O) groups excluding carboxylic acids is 2. The van der Waals surface area contributed by atoms with E-state index in [9.17, 15) is 14.4 Å². The average Bonchev–Trinajstić information content (AvgIpc) is 3.12. The van der Waals surface area contributed by atoms with Gasteiger partial charge in [0.1, 0.15) is 11.4 Å². The van der Waals surface area contributed by atoms with Crippen LogP contribution in [0.1, 0.15) is 73.5 Å². The van der Waals surface area contributed by atoms with Crippen LogP contribution in [-0.2, 0) is 9.59 Å². The van der Waals surface area contributed by atoms with Crippen molar-refractivity contribution in [2.45, 2.75) is 57.7 Å². The standard InChI is InChI=1S/C29H31Cl2N3O4/c1-3-5-24(19-7-9-20(10-8-19)27(37)32-13-11-25(35)36)34-28(38)26(21-14-22(30)16-23(31)15-21)33-29(34)12-4-6-18(2)17-29/h4,6-10,14-16,18,24H,3,5,11-13,17H2,1-2H3,(H,32,37)(H,35,36)/t18?,24-,29?/m1/s1. The second-order valence-electron chi connectivity index (χ2n) is 9.92. The Balaban J connectivity index is 1.69. The Morgan fingerprint density at radius 2 is 1.87 bits per heavy atom. The first-order valence-electron chi connectivity index (χ1n) is 12.8. The molecule has 1 aliphatic carbocycles. The van der Waals surface area contributed by atoms with Crippen molar-refractivity contribution in [2.24, 2.45) is 10.9 Å². The first-order valence-corrected chi connectivity index (χ1v) is 13.6. The van der Waals surface area contributed by atoms with Gasteiger partial charge in [0, 0.05) is 34.1 Å². The molecule has 38 heavy (non-hydrogen) atoms. The molecule has 0 bridgehead atoms. The Morgan fingerprint density at radius 3 is 2.47 bits per heavy atom. The quantitative estimate of drug-likeness (QED) is 0.367. The molecular weight excluding hydrogens is 525 g/mol. The van der Waals surface area contributed by atoms with Crippen molar-refractivity contribution in [2.75, 3.05) is 6.54 Å². The fourth-order valence-electron chi connectivity index (χ4n) is 5.33. The fraction of sp³-hybridized carbons (Fsp3) is 0.379. The molecule has 7 nitrogen and oxygen atoms in total. The second kappa shape index (κ2) is 11.7. The van der Waals surface area contributed by atoms with Gasteiger partial charge in [-0.2, -0.15) is 0 Å². The normalized spacial score (nSPS) is 21.5. The summed E-state index contributed by atoms with van der Waals surface area (Å²) in [7, 11) is 0. The molecule has 2 aromatic rings. The number of benzene rings is 2. The van der Waals surface area contributed by atoms with E-state index in [2.05, 4.69) is 31.3 Å². The van der Waals surface area contributed by atoms with Crippen LogP contribution < -0.4 is 5.32 Å². The molecule has 2 aromatic carbocycles. The van der Waals surface area contributed by atoms with Gasteiger partial charge >= 0.3 is 5.97 Å². The fourth-order valence-corrected chi connectivity index (χ4v) is 5.85. The maximum absolute atomic E-state index is 14.1. The number of nitrogens with zero attached hydrogens (tertiary/aromatic N) is 2. The summed E-state index contributed by atoms with van der Waals surface area (Å²) in [4.78, 5) is 44.3. The third-order valence-corrected chi connectivity index (χ3v) is 7.38. The van der Waals surface area contributed by atoms with Crippen molar-refractivity contribution < 1.29 is 19.5 Å². The zero-order valence-electron chi connectivity index (χ0n) is 21.4. The zero-order chi connectivity index (χ0) is 27.4. The van der Waals surface area contributed by atoms with Crippen molar-refractivity contribution in [1.82, 2.24) is 10.2 Å². The number of carboxylic acids is 1. The van der Waals surface area contributed by atoms with Gasteiger partial charge in [0.25, 0.3) is 11.8 Å². The molecule has 4 rings (SSSR count). The van der Waals surface area contributed by atoms with E-state index in [0.29, 0.717) is 39.7 Å². The lowest BCUT2D eigenvalue weighted by atomic mass is 9.85. The maximum Gasteiger partial charge on any atom is 0.305 e. The van der Waals surface area contributed by atoms with Crippen LogP contribution in [0.2, 0.25) is 10.0 Å². The molecule has 3 atom stereocenters. The van der Waals surface area contributed by atoms with Gasteiger partial charge in [-0.25, -0.2) is 0 Å². The number of amides is 2. The predicted octanol–water partition coefficient (Wildman–Crippen LogP) is 6.05. The molecule has 0 saturated heterocycles. The highest BCUT2D eigenvalue weighted by Gasteiger charge is 2.51. The summed E-state index contributed by atoms with van der Waals surface area (Å²) in [5.41, 5.74) is 1.55. The summed E-state index contributed by atoms with van der Waals surface area (Å²) < 4.78 is 0. The van der Waals surface area contributed by atoms with E-state index in [1.165, 1.54) is 0 Å². The van der Waals surface area contributed by atoms with Crippen LogP contribution in [0.5, 0.6) is 0 Å². The Morgan fingerprint density at radius 1 is 1.18 bits per heavy atom. The summed E-state index contributed by atoms with van der Waals surface area (Å²) >= 11 is 12.5. The lowest BCUT2D eigenvalue weighted by molar-refractivity contribution is -0.137. The second-order valence-corrected chi connectivity index (χ2v) is 10.8. The van der Waals surface area contributed by atoms with Crippen molar-refractivity contribution in [3.63, 3.8) is 0 Å². The van der Waals surface area contributed by atoms with E-state index in [4.69, 9.17) is 33.3 Å². The van der Waals surface area contributed by atoms with E-state index in [0.717, 1.165) is 18.4 Å². The summed E-state index contributed by atoms with van der Waals surface area (Å²) in [5.74, 6) is -1.24. The smallest absolute Gasteiger partial charge is 0.305 e. The lowest BCUT2D eigenvalue weighted by Crippen LogP contribution is -2.50. The first-order chi connectivity index (χ1) is 18.1. The molecule has 200 valence electrons. The van der Waals surface area contributed by atoms with Gasteiger partial charge in [-0.15, -0.1) is 0 Å². The van der Waals surface area contributed by atoms with Crippen LogP contribution >= 0.6 is 23.2 Å². The molecule has 0 saturated carbocycles. The molecule has 0 radical (unpaired) electrons. The zero-order valence-corrected chi connectivity index (χ0v) is 22.9. The molecule has 2 N–H and O–H groups in total. The van der Waals surface area contributed by atoms with E-state index in [1.807, 2.05) is 17.0 Å². The van der Waals surface area contributed by atoms with E-state index < -0.39 is 11.6 Å². The monoisotopic (exact) mass is 555 g/mol. The highest BCUT2D eigenvalue weighted by Crippen LogP contribution is 2.45. The molecule has 0 fully saturated rings. The van der Waals surface area contributed by atoms with Crippen molar-refractivity contribution in [1.29, 1.82) is 0 Å². The Hall–Kier alpha value is -3.16. The Labute approximate surface area is 232 Å². The minimum Gasteiger partial charge on any atom is -0.481 e. The molecular formula is C29H31Cl2N3O4. The lowest BCUT2D eigenvalue weighted by Gasteiger charge is -2.44. The number of hydrogen-bond donors (Lipinski definition) is 2. The molecule has 1 spiro atoms. The number of aliphatic imine (C=N–C) groups is 1. The maximum atomic E-state index is 14.1. The molecule has 9 heteroatoms. The third kappa shape index (κ3) is 5.94. The number of halogens is 2. The summed E-state index contributed by atoms with van der Waals surface area (Å²) in [6.07, 6.45) is 6.96.